The van der Waals surface area contributed by atoms with Crippen LogP contribution in [0, 0.1) is 0 Å². The highest BCUT2D eigenvalue weighted by Crippen LogP contribution is 2.49. The summed E-state index contributed by atoms with van der Waals surface area (Å²) in [5.41, 5.74) is 11.7. The molecule has 2 aliphatic rings. The molecule has 0 aliphatic carbocycles. The van der Waals surface area contributed by atoms with Gasteiger partial charge < -0.3 is 32.7 Å². The highest BCUT2D eigenvalue weighted by atomic mass is 28.5. The summed E-state index contributed by atoms with van der Waals surface area (Å²) in [6, 6.07) is 17.9. The number of rotatable bonds is 10. The molecular formula is C40H53N9O5Si2. The largest absolute Gasteiger partial charge is 0.471 e. The van der Waals surface area contributed by atoms with Crippen molar-refractivity contribution in [2.24, 2.45) is 7.05 Å². The molecule has 2 fully saturated rings. The summed E-state index contributed by atoms with van der Waals surface area (Å²) >= 11 is 0. The first kappa shape index (κ1) is 38.4. The normalized spacial score (nSPS) is 21.1. The lowest BCUT2D eigenvalue weighted by Gasteiger charge is -2.51. The first-order chi connectivity index (χ1) is 26.8. The molecule has 0 bridgehead atoms. The molecule has 296 valence electrons. The number of benzene rings is 2. The maximum atomic E-state index is 7.46. The summed E-state index contributed by atoms with van der Waals surface area (Å²) in [6.07, 6.45) is 1.08. The van der Waals surface area contributed by atoms with Gasteiger partial charge in [-0.05, 0) is 52.0 Å². The van der Waals surface area contributed by atoms with Crippen LogP contribution in [0.3, 0.4) is 0 Å². The van der Waals surface area contributed by atoms with E-state index in [9.17, 15) is 0 Å². The van der Waals surface area contributed by atoms with E-state index < -0.39 is 23.3 Å². The van der Waals surface area contributed by atoms with Crippen LogP contribution >= 0.6 is 0 Å². The first-order valence-corrected chi connectivity index (χ1v) is 23.6. The fourth-order valence-electron chi connectivity index (χ4n) is 8.47. The number of fused-ring (bicyclic) bond motifs is 5. The van der Waals surface area contributed by atoms with Crippen LogP contribution in [0.4, 0.5) is 17.8 Å². The van der Waals surface area contributed by atoms with Crippen LogP contribution in [0.2, 0.25) is 22.2 Å². The predicted molar refractivity (Wildman–Crippen MR) is 222 cm³/mol. The minimum absolute atomic E-state index is 0.0580. The van der Waals surface area contributed by atoms with Crippen LogP contribution in [0.25, 0.3) is 33.1 Å². The Morgan fingerprint density at radius 2 is 1.54 bits per heavy atom. The van der Waals surface area contributed by atoms with Gasteiger partial charge in [-0.25, -0.2) is 9.97 Å². The van der Waals surface area contributed by atoms with Gasteiger partial charge in [0.15, 0.2) is 11.2 Å². The number of nitrogens with two attached hydrogens (primary N) is 1. The number of nitrogen functional groups attached to an aromatic ring is 1. The molecule has 16 heteroatoms. The third kappa shape index (κ3) is 6.55. The Labute approximate surface area is 329 Å². The second-order valence-corrected chi connectivity index (χ2v) is 25.1. The molecule has 0 amide bonds. The minimum atomic E-state index is -2.89. The quantitative estimate of drug-likeness (QED) is 0.128. The van der Waals surface area contributed by atoms with Crippen LogP contribution in [-0.2, 0) is 31.4 Å². The van der Waals surface area contributed by atoms with Gasteiger partial charge in [-0.3, -0.25) is 14.9 Å². The molecule has 0 unspecified atom stereocenters. The Kier molecular flexibility index (Phi) is 10.2. The lowest BCUT2D eigenvalue weighted by atomic mass is 10.2. The van der Waals surface area contributed by atoms with Gasteiger partial charge in [-0.1, -0.05) is 85.7 Å². The number of nitrogens with one attached hydrogen (secondary N) is 1. The van der Waals surface area contributed by atoms with Crippen LogP contribution in [0.5, 0.6) is 5.88 Å². The van der Waals surface area contributed by atoms with Crippen molar-refractivity contribution in [1.29, 1.82) is 0 Å². The number of aryl methyl sites for hydroxylation is 1. The lowest BCUT2D eigenvalue weighted by Crippen LogP contribution is -2.65. The number of anilines is 3. The third-order valence-corrected chi connectivity index (χ3v) is 21.7. The van der Waals surface area contributed by atoms with Crippen molar-refractivity contribution < 1.29 is 22.4 Å². The summed E-state index contributed by atoms with van der Waals surface area (Å²) in [6.45, 7) is 18.4. The van der Waals surface area contributed by atoms with Gasteiger partial charge in [0.2, 0.25) is 23.7 Å². The average Bonchev–Trinajstić information content (AvgIpc) is 3.83. The van der Waals surface area contributed by atoms with E-state index in [-0.39, 0.29) is 52.8 Å². The SMILES string of the molecule is CC(C)[Si]1(C(C)C)OC[C@H]2O[C@@H](n3c(Nc4nc5c6cccnc6ccc5n4C)nc4c(OCc5ccccc5)nc(N)nc43)C[C@@H]2O[Si](C(C)C)(C(C)C)O1. The van der Waals surface area contributed by atoms with Crippen molar-refractivity contribution in [3.8, 4) is 5.88 Å². The van der Waals surface area contributed by atoms with Gasteiger partial charge >= 0.3 is 17.1 Å². The maximum Gasteiger partial charge on any atom is 0.335 e. The van der Waals surface area contributed by atoms with E-state index in [0.717, 1.165) is 27.5 Å². The van der Waals surface area contributed by atoms with E-state index in [1.807, 2.05) is 70.8 Å². The number of ether oxygens (including phenoxy) is 2. The van der Waals surface area contributed by atoms with Gasteiger partial charge in [0.1, 0.15) is 24.5 Å². The van der Waals surface area contributed by atoms with Gasteiger partial charge in [0.05, 0.1) is 23.7 Å². The minimum Gasteiger partial charge on any atom is -0.471 e. The molecule has 6 heterocycles. The standard InChI is InChI=1S/C40H53N9O5Si2/c1-23(2)55(24(3)4)51-22-32-31(53-56(54-55,25(5)6)26(7)8)20-33(52-32)49-36-35(37(46-38(41)45-36)50-21-27-14-11-10-12-15-27)44-40(49)47-39-43-34-28-16-13-19-42-29(28)17-18-30(34)48(39)9/h10-19,23-26,31-33H,20-22H2,1-9H3,(H2,41,45,46)(H,43,44,47)/t31-,32+,33+/m0/s1. The average molecular weight is 796 g/mol. The molecule has 0 radical (unpaired) electrons. The fraction of sp³-hybridized carbons (Fsp3) is 0.475. The molecule has 0 saturated carbocycles. The molecular weight excluding hydrogens is 743 g/mol. The zero-order valence-electron chi connectivity index (χ0n) is 33.7. The molecule has 2 aromatic carbocycles. The predicted octanol–water partition coefficient (Wildman–Crippen LogP) is 8.41. The number of pyridine rings is 1. The molecule has 6 aromatic rings. The van der Waals surface area contributed by atoms with Gasteiger partial charge in [0, 0.05) is 25.1 Å². The summed E-state index contributed by atoms with van der Waals surface area (Å²) in [5.74, 6) is 1.36. The Bertz CT molecular complexity index is 2350. The summed E-state index contributed by atoms with van der Waals surface area (Å²) < 4.78 is 39.2. The molecule has 0 spiro atoms. The molecule has 56 heavy (non-hydrogen) atoms. The molecule has 3 N–H and O–H groups in total. The van der Waals surface area contributed by atoms with E-state index in [0.29, 0.717) is 36.1 Å². The van der Waals surface area contributed by atoms with Crippen molar-refractivity contribution in [2.45, 2.75) is 109 Å². The third-order valence-electron chi connectivity index (χ3n) is 11.4. The smallest absolute Gasteiger partial charge is 0.335 e. The van der Waals surface area contributed by atoms with Crippen molar-refractivity contribution >= 4 is 68.1 Å². The van der Waals surface area contributed by atoms with Crippen molar-refractivity contribution in [1.82, 2.24) is 34.1 Å². The lowest BCUT2D eigenvalue weighted by molar-refractivity contribution is -0.0539. The Hall–Kier alpha value is -4.46. The van der Waals surface area contributed by atoms with Crippen molar-refractivity contribution in [3.05, 3.63) is 66.4 Å². The van der Waals surface area contributed by atoms with Crippen LogP contribution in [0.1, 0.15) is 73.6 Å². The number of nitrogens with zero attached hydrogens (tertiary/aromatic N) is 7. The summed E-state index contributed by atoms with van der Waals surface area (Å²) in [5, 5.41) is 4.50. The van der Waals surface area contributed by atoms with Gasteiger partial charge in [0.25, 0.3) is 0 Å². The summed E-state index contributed by atoms with van der Waals surface area (Å²) in [4.78, 5) is 24.0. The topological polar surface area (TPSA) is 159 Å². The van der Waals surface area contributed by atoms with E-state index in [4.69, 9.17) is 43.1 Å². The molecule has 8 rings (SSSR count). The molecule has 4 aromatic heterocycles. The van der Waals surface area contributed by atoms with Crippen LogP contribution < -0.4 is 15.8 Å². The Morgan fingerprint density at radius 3 is 2.25 bits per heavy atom. The summed E-state index contributed by atoms with van der Waals surface area (Å²) in [7, 11) is -3.69. The molecule has 3 atom stereocenters. The van der Waals surface area contributed by atoms with Crippen LogP contribution in [0.15, 0.2) is 60.8 Å². The number of hydrogen-bond donors (Lipinski definition) is 2. The fourth-order valence-corrected chi connectivity index (χ4v) is 19.7. The van der Waals surface area contributed by atoms with E-state index in [2.05, 4.69) is 70.7 Å². The monoisotopic (exact) mass is 795 g/mol. The maximum absolute atomic E-state index is 7.46. The highest BCUT2D eigenvalue weighted by Gasteiger charge is 2.60. The second kappa shape index (κ2) is 14.8. The second-order valence-electron chi connectivity index (χ2n) is 16.3. The number of hydrogen-bond acceptors (Lipinski definition) is 12. The Morgan fingerprint density at radius 1 is 0.821 bits per heavy atom. The van der Waals surface area contributed by atoms with Crippen molar-refractivity contribution in [3.63, 3.8) is 0 Å². The first-order valence-electron chi connectivity index (χ1n) is 19.7. The Balaban J connectivity index is 1.24. The van der Waals surface area contributed by atoms with E-state index in [1.165, 1.54) is 0 Å². The van der Waals surface area contributed by atoms with Gasteiger partial charge in [-0.2, -0.15) is 9.97 Å². The van der Waals surface area contributed by atoms with E-state index in [1.54, 1.807) is 6.20 Å². The zero-order chi connectivity index (χ0) is 39.5. The highest BCUT2D eigenvalue weighted by molar-refractivity contribution is 6.84. The number of imidazole rings is 2. The molecule has 2 saturated heterocycles. The number of aromatic nitrogens is 7. The van der Waals surface area contributed by atoms with Gasteiger partial charge in [-0.15, -0.1) is 0 Å². The van der Waals surface area contributed by atoms with Crippen LogP contribution in [-0.4, -0.2) is 70.0 Å². The van der Waals surface area contributed by atoms with E-state index >= 15 is 0 Å². The van der Waals surface area contributed by atoms with Crippen molar-refractivity contribution in [2.75, 3.05) is 17.7 Å². The zero-order valence-corrected chi connectivity index (χ0v) is 35.7. The molecule has 2 aliphatic heterocycles. The molecule has 14 nitrogen and oxygen atoms in total.